The number of hydrogen-bond donors (Lipinski definition) is 0. The van der Waals surface area contributed by atoms with Crippen molar-refractivity contribution in [3.05, 3.63) is 24.4 Å². The molecule has 1 aliphatic rings. The van der Waals surface area contributed by atoms with Crippen molar-refractivity contribution in [1.82, 2.24) is 19.9 Å². The van der Waals surface area contributed by atoms with Gasteiger partial charge in [-0.15, -0.1) is 11.8 Å². The first-order valence-corrected chi connectivity index (χ1v) is 6.86. The molecule has 2 aromatic heterocycles. The molecule has 5 nitrogen and oxygen atoms in total. The van der Waals surface area contributed by atoms with E-state index in [0.29, 0.717) is 23.1 Å². The number of fused-ring (bicyclic) bond motifs is 1. The molecule has 1 atom stereocenters. The van der Waals surface area contributed by atoms with E-state index in [2.05, 4.69) is 33.8 Å². The lowest BCUT2D eigenvalue weighted by Crippen LogP contribution is -2.11. The van der Waals surface area contributed by atoms with E-state index in [1.54, 1.807) is 24.2 Å². The molecule has 0 bridgehead atoms. The van der Waals surface area contributed by atoms with Gasteiger partial charge in [0.05, 0.1) is 18.4 Å². The largest absolute Gasteiger partial charge is 0.272 e. The van der Waals surface area contributed by atoms with Crippen molar-refractivity contribution in [2.75, 3.05) is 5.75 Å². The first-order valence-electron chi connectivity index (χ1n) is 5.88. The van der Waals surface area contributed by atoms with Crippen LogP contribution in [0.4, 0.5) is 0 Å². The minimum absolute atomic E-state index is 0.384. The fraction of sp³-hybridized carbons (Fsp3) is 0.417. The summed E-state index contributed by atoms with van der Waals surface area (Å²) in [5, 5.41) is 0.979. The van der Waals surface area contributed by atoms with E-state index in [4.69, 9.17) is 4.99 Å². The molecule has 0 spiro atoms. The maximum absolute atomic E-state index is 4.70. The van der Waals surface area contributed by atoms with E-state index >= 15 is 0 Å². The van der Waals surface area contributed by atoms with Crippen molar-refractivity contribution in [3.8, 4) is 0 Å². The van der Waals surface area contributed by atoms with Crippen LogP contribution < -0.4 is 0 Å². The zero-order chi connectivity index (χ0) is 12.5. The highest BCUT2D eigenvalue weighted by molar-refractivity contribution is 8.14. The predicted octanol–water partition coefficient (Wildman–Crippen LogP) is 1.94. The van der Waals surface area contributed by atoms with Crippen LogP contribution in [0.2, 0.25) is 0 Å². The highest BCUT2D eigenvalue weighted by Crippen LogP contribution is 2.26. The van der Waals surface area contributed by atoms with Gasteiger partial charge in [0.25, 0.3) is 0 Å². The first-order chi connectivity index (χ1) is 8.74. The molecule has 0 radical (unpaired) electrons. The van der Waals surface area contributed by atoms with Crippen LogP contribution in [0.15, 0.2) is 23.7 Å². The average Bonchev–Trinajstić information content (AvgIpc) is 2.88. The molecule has 0 aromatic carbocycles. The van der Waals surface area contributed by atoms with Crippen LogP contribution in [0.1, 0.15) is 19.5 Å². The number of nitrogens with zero attached hydrogens (tertiary/aromatic N) is 5. The lowest BCUT2D eigenvalue weighted by molar-refractivity contribution is 0.543. The van der Waals surface area contributed by atoms with Crippen LogP contribution >= 0.6 is 11.8 Å². The molecule has 0 saturated heterocycles. The predicted molar refractivity (Wildman–Crippen MR) is 72.7 cm³/mol. The van der Waals surface area contributed by atoms with Crippen LogP contribution in [0.25, 0.3) is 11.2 Å². The summed E-state index contributed by atoms with van der Waals surface area (Å²) < 4.78 is 0. The highest BCUT2D eigenvalue weighted by atomic mass is 32.2. The lowest BCUT2D eigenvalue weighted by Gasteiger charge is -2.07. The fourth-order valence-corrected chi connectivity index (χ4v) is 2.99. The Morgan fingerprint density at radius 3 is 2.94 bits per heavy atom. The molecule has 3 rings (SSSR count). The van der Waals surface area contributed by atoms with Gasteiger partial charge in [-0.3, -0.25) is 4.99 Å². The normalized spacial score (nSPS) is 19.5. The second-order valence-electron chi connectivity index (χ2n) is 4.54. The van der Waals surface area contributed by atoms with E-state index in [-0.39, 0.29) is 0 Å². The maximum atomic E-state index is 4.70. The standard InChI is InChI=1S/C12H13N5S/c1-7(2)10-5-18-12(17-10)9-4-14-11-8(16-9)3-13-6-15-11/h3-4,6-7,10H,5H2,1-2H3. The third kappa shape index (κ3) is 2.08. The van der Waals surface area contributed by atoms with Crippen LogP contribution in [-0.2, 0) is 0 Å². The Bertz CT molecular complexity index is 610. The monoisotopic (exact) mass is 259 g/mol. The summed E-state index contributed by atoms with van der Waals surface area (Å²) in [7, 11) is 0. The molecular formula is C12H13N5S. The third-order valence-electron chi connectivity index (χ3n) is 2.89. The lowest BCUT2D eigenvalue weighted by atomic mass is 10.1. The van der Waals surface area contributed by atoms with Crippen LogP contribution in [0.3, 0.4) is 0 Å². The number of rotatable bonds is 2. The van der Waals surface area contributed by atoms with Crippen LogP contribution in [0.5, 0.6) is 0 Å². The van der Waals surface area contributed by atoms with Crippen LogP contribution in [0, 0.1) is 5.92 Å². The summed E-state index contributed by atoms with van der Waals surface area (Å²) in [4.78, 5) is 21.5. The molecule has 0 amide bonds. The Morgan fingerprint density at radius 2 is 2.17 bits per heavy atom. The molecule has 2 aromatic rings. The summed E-state index contributed by atoms with van der Waals surface area (Å²) >= 11 is 1.75. The zero-order valence-electron chi connectivity index (χ0n) is 10.2. The van der Waals surface area contributed by atoms with Crippen molar-refractivity contribution in [2.45, 2.75) is 19.9 Å². The molecule has 3 heterocycles. The molecule has 1 aliphatic heterocycles. The molecule has 92 valence electrons. The smallest absolute Gasteiger partial charge is 0.181 e. The van der Waals surface area contributed by atoms with Gasteiger partial charge in [-0.25, -0.2) is 19.9 Å². The SMILES string of the molecule is CC(C)C1CSC(c2cnc3ncncc3n2)=N1. The Kier molecular flexibility index (Phi) is 2.95. The Hall–Kier alpha value is -1.56. The molecule has 0 saturated carbocycles. The minimum atomic E-state index is 0.384. The van der Waals surface area contributed by atoms with Gasteiger partial charge < -0.3 is 0 Å². The molecule has 1 unspecified atom stereocenters. The minimum Gasteiger partial charge on any atom is -0.272 e. The Balaban J connectivity index is 1.98. The molecular weight excluding hydrogens is 246 g/mol. The average molecular weight is 259 g/mol. The molecule has 0 N–H and O–H groups in total. The van der Waals surface area contributed by atoms with E-state index < -0.39 is 0 Å². The second-order valence-corrected chi connectivity index (χ2v) is 5.55. The summed E-state index contributed by atoms with van der Waals surface area (Å²) in [5.74, 6) is 1.59. The molecule has 0 aliphatic carbocycles. The molecule has 0 fully saturated rings. The van der Waals surface area contributed by atoms with Gasteiger partial charge in [0.1, 0.15) is 22.6 Å². The van der Waals surface area contributed by atoms with E-state index in [1.807, 2.05) is 0 Å². The van der Waals surface area contributed by atoms with Crippen molar-refractivity contribution < 1.29 is 0 Å². The first kappa shape index (κ1) is 11.5. The van der Waals surface area contributed by atoms with E-state index in [1.165, 1.54) is 6.33 Å². The van der Waals surface area contributed by atoms with Crippen molar-refractivity contribution in [1.29, 1.82) is 0 Å². The number of aromatic nitrogens is 4. The van der Waals surface area contributed by atoms with Gasteiger partial charge in [-0.2, -0.15) is 0 Å². The number of thioether (sulfide) groups is 1. The van der Waals surface area contributed by atoms with Gasteiger partial charge in [-0.05, 0) is 5.92 Å². The summed E-state index contributed by atoms with van der Waals surface area (Å²) in [6.45, 7) is 4.38. The second kappa shape index (κ2) is 4.61. The third-order valence-corrected chi connectivity index (χ3v) is 3.98. The van der Waals surface area contributed by atoms with E-state index in [9.17, 15) is 0 Å². The summed E-state index contributed by atoms with van der Waals surface area (Å²) in [6.07, 6.45) is 4.90. The maximum Gasteiger partial charge on any atom is 0.181 e. The summed E-state index contributed by atoms with van der Waals surface area (Å²) in [6, 6.07) is 0.384. The van der Waals surface area contributed by atoms with Crippen molar-refractivity contribution in [3.63, 3.8) is 0 Å². The number of hydrogen-bond acceptors (Lipinski definition) is 6. The Labute approximate surface area is 109 Å². The quantitative estimate of drug-likeness (QED) is 0.824. The van der Waals surface area contributed by atoms with Gasteiger partial charge in [0.15, 0.2) is 5.65 Å². The van der Waals surface area contributed by atoms with Gasteiger partial charge in [0, 0.05) is 5.75 Å². The fourth-order valence-electron chi connectivity index (χ4n) is 1.75. The van der Waals surface area contributed by atoms with Crippen LogP contribution in [-0.4, -0.2) is 36.8 Å². The van der Waals surface area contributed by atoms with E-state index in [0.717, 1.165) is 16.5 Å². The Morgan fingerprint density at radius 1 is 1.28 bits per heavy atom. The molecule has 6 heteroatoms. The van der Waals surface area contributed by atoms with Crippen molar-refractivity contribution in [2.24, 2.45) is 10.9 Å². The molecule has 18 heavy (non-hydrogen) atoms. The zero-order valence-corrected chi connectivity index (χ0v) is 11.1. The van der Waals surface area contributed by atoms with Crippen molar-refractivity contribution >= 4 is 28.0 Å². The number of aliphatic imine (C=N–C) groups is 1. The summed E-state index contributed by atoms with van der Waals surface area (Å²) in [5.41, 5.74) is 2.16. The highest BCUT2D eigenvalue weighted by Gasteiger charge is 2.23. The van der Waals surface area contributed by atoms with Gasteiger partial charge >= 0.3 is 0 Å². The van der Waals surface area contributed by atoms with Gasteiger partial charge in [-0.1, -0.05) is 13.8 Å². The van der Waals surface area contributed by atoms with Gasteiger partial charge in [0.2, 0.25) is 0 Å². The topological polar surface area (TPSA) is 63.9 Å².